The van der Waals surface area contributed by atoms with E-state index < -0.39 is 0 Å². The van der Waals surface area contributed by atoms with Crippen molar-refractivity contribution in [3.05, 3.63) is 22.7 Å². The van der Waals surface area contributed by atoms with Crippen LogP contribution in [0.25, 0.3) is 0 Å². The Balaban J connectivity index is 3.36. The number of nitrogens with zero attached hydrogens (tertiary/aromatic N) is 1. The zero-order valence-corrected chi connectivity index (χ0v) is 7.22. The quantitative estimate of drug-likeness (QED) is 0.674. The molecule has 0 saturated carbocycles. The summed E-state index contributed by atoms with van der Waals surface area (Å²) < 4.78 is 4.91. The predicted molar refractivity (Wildman–Crippen MR) is 47.1 cm³/mol. The number of halogens is 1. The number of anilines is 1. The van der Waals surface area contributed by atoms with Crippen LogP contribution in [-0.2, 0) is 0 Å². The Morgan fingerprint density at radius 1 is 1.58 bits per heavy atom. The molecule has 0 spiro atoms. The summed E-state index contributed by atoms with van der Waals surface area (Å²) in [4.78, 5) is 0. The third kappa shape index (κ3) is 1.29. The van der Waals surface area contributed by atoms with Crippen LogP contribution in [0.4, 0.5) is 5.69 Å². The van der Waals surface area contributed by atoms with Gasteiger partial charge in [0, 0.05) is 0 Å². The number of nitrogens with two attached hydrogens (primary N) is 1. The van der Waals surface area contributed by atoms with Crippen molar-refractivity contribution in [2.45, 2.75) is 0 Å². The van der Waals surface area contributed by atoms with Crippen molar-refractivity contribution >= 4 is 17.3 Å². The van der Waals surface area contributed by atoms with Gasteiger partial charge in [0.15, 0.2) is 0 Å². The van der Waals surface area contributed by atoms with Gasteiger partial charge in [0.25, 0.3) is 0 Å². The van der Waals surface area contributed by atoms with Gasteiger partial charge in [-0.05, 0) is 12.1 Å². The van der Waals surface area contributed by atoms with Crippen LogP contribution in [-0.4, -0.2) is 7.11 Å². The predicted octanol–water partition coefficient (Wildman–Crippen LogP) is 1.80. The van der Waals surface area contributed by atoms with Gasteiger partial charge in [-0.25, -0.2) is 0 Å². The van der Waals surface area contributed by atoms with Crippen molar-refractivity contribution < 1.29 is 4.74 Å². The van der Waals surface area contributed by atoms with Crippen molar-refractivity contribution in [1.82, 2.24) is 0 Å². The van der Waals surface area contributed by atoms with Crippen LogP contribution in [0.1, 0.15) is 5.56 Å². The second kappa shape index (κ2) is 3.33. The largest absolute Gasteiger partial charge is 0.495 e. The molecule has 1 rings (SSSR count). The molecule has 4 heteroatoms. The molecule has 12 heavy (non-hydrogen) atoms. The maximum atomic E-state index is 8.65. The number of hydrogen-bond acceptors (Lipinski definition) is 3. The van der Waals surface area contributed by atoms with Gasteiger partial charge in [-0.15, -0.1) is 0 Å². The third-order valence-corrected chi connectivity index (χ3v) is 1.80. The van der Waals surface area contributed by atoms with Crippen molar-refractivity contribution in [2.24, 2.45) is 0 Å². The van der Waals surface area contributed by atoms with Gasteiger partial charge in [-0.2, -0.15) is 5.26 Å². The topological polar surface area (TPSA) is 59.0 Å². The summed E-state index contributed by atoms with van der Waals surface area (Å²) in [5.41, 5.74) is 6.12. The van der Waals surface area contributed by atoms with Gasteiger partial charge < -0.3 is 10.5 Å². The standard InChI is InChI=1S/C8H7ClN2O/c1-12-7-3-2-6(9)5(4-10)8(7)11/h2-3H,11H2,1H3. The Labute approximate surface area is 75.3 Å². The fraction of sp³-hybridized carbons (Fsp3) is 0.125. The number of ether oxygens (including phenoxy) is 1. The van der Waals surface area contributed by atoms with E-state index in [0.29, 0.717) is 10.8 Å². The van der Waals surface area contributed by atoms with Gasteiger partial charge in [-0.3, -0.25) is 0 Å². The summed E-state index contributed by atoms with van der Waals surface area (Å²) in [6.45, 7) is 0. The molecule has 0 heterocycles. The Morgan fingerprint density at radius 3 is 2.75 bits per heavy atom. The monoisotopic (exact) mass is 182 g/mol. The molecule has 0 aliphatic rings. The number of rotatable bonds is 1. The Bertz CT molecular complexity index is 344. The van der Waals surface area contributed by atoms with Crippen molar-refractivity contribution in [3.8, 4) is 11.8 Å². The van der Waals surface area contributed by atoms with E-state index >= 15 is 0 Å². The third-order valence-electron chi connectivity index (χ3n) is 1.49. The molecule has 3 nitrogen and oxygen atoms in total. The van der Waals surface area contributed by atoms with Gasteiger partial charge in [0.2, 0.25) is 0 Å². The van der Waals surface area contributed by atoms with Crippen LogP contribution >= 0.6 is 11.6 Å². The summed E-state index contributed by atoms with van der Waals surface area (Å²) in [5, 5.41) is 8.99. The molecule has 0 amide bonds. The minimum absolute atomic E-state index is 0.260. The summed E-state index contributed by atoms with van der Waals surface area (Å²) in [6, 6.07) is 5.10. The van der Waals surface area contributed by atoms with Gasteiger partial charge in [0.05, 0.1) is 23.4 Å². The molecule has 0 aliphatic heterocycles. The second-order valence-corrected chi connectivity index (χ2v) is 2.56. The molecule has 0 unspecified atom stereocenters. The first kappa shape index (κ1) is 8.69. The van der Waals surface area contributed by atoms with E-state index in [9.17, 15) is 0 Å². The maximum absolute atomic E-state index is 8.65. The lowest BCUT2D eigenvalue weighted by molar-refractivity contribution is 0.417. The molecule has 0 atom stereocenters. The van der Waals surface area contributed by atoms with E-state index in [1.807, 2.05) is 6.07 Å². The minimum Gasteiger partial charge on any atom is -0.495 e. The van der Waals surface area contributed by atoms with E-state index in [-0.39, 0.29) is 11.3 Å². The SMILES string of the molecule is COc1ccc(Cl)c(C#N)c1N. The van der Waals surface area contributed by atoms with Crippen LogP contribution in [0.2, 0.25) is 5.02 Å². The second-order valence-electron chi connectivity index (χ2n) is 2.15. The van der Waals surface area contributed by atoms with Crippen LogP contribution in [0.3, 0.4) is 0 Å². The highest BCUT2D eigenvalue weighted by atomic mass is 35.5. The average molecular weight is 183 g/mol. The van der Waals surface area contributed by atoms with E-state index in [1.54, 1.807) is 12.1 Å². The highest BCUT2D eigenvalue weighted by Gasteiger charge is 2.08. The van der Waals surface area contributed by atoms with Gasteiger partial charge >= 0.3 is 0 Å². The fourth-order valence-corrected chi connectivity index (χ4v) is 1.07. The average Bonchev–Trinajstić information content (AvgIpc) is 2.06. The van der Waals surface area contributed by atoms with E-state index in [0.717, 1.165) is 0 Å². The Kier molecular flexibility index (Phi) is 2.41. The number of methoxy groups -OCH3 is 1. The zero-order chi connectivity index (χ0) is 9.14. The van der Waals surface area contributed by atoms with Gasteiger partial charge in [0.1, 0.15) is 11.8 Å². The fourth-order valence-electron chi connectivity index (χ4n) is 0.865. The first-order valence-electron chi connectivity index (χ1n) is 3.22. The molecule has 1 aromatic rings. The first-order chi connectivity index (χ1) is 5.70. The van der Waals surface area contributed by atoms with Gasteiger partial charge in [-0.1, -0.05) is 11.6 Å². The molecule has 1 aromatic carbocycles. The van der Waals surface area contributed by atoms with Crippen molar-refractivity contribution in [3.63, 3.8) is 0 Å². The van der Waals surface area contributed by atoms with E-state index in [4.69, 9.17) is 27.3 Å². The van der Waals surface area contributed by atoms with Crippen molar-refractivity contribution in [2.75, 3.05) is 12.8 Å². The highest BCUT2D eigenvalue weighted by molar-refractivity contribution is 6.32. The Hall–Kier alpha value is -1.40. The normalized spacial score (nSPS) is 9.08. The molecule has 0 saturated heterocycles. The zero-order valence-electron chi connectivity index (χ0n) is 6.47. The maximum Gasteiger partial charge on any atom is 0.143 e. The molecule has 0 aliphatic carbocycles. The van der Waals surface area contributed by atoms with Crippen LogP contribution in [0, 0.1) is 11.3 Å². The summed E-state index contributed by atoms with van der Waals surface area (Å²) in [6.07, 6.45) is 0. The first-order valence-corrected chi connectivity index (χ1v) is 3.60. The number of nitrogen functional groups attached to an aromatic ring is 1. The lowest BCUT2D eigenvalue weighted by Gasteiger charge is -2.05. The molecule has 2 N–H and O–H groups in total. The lowest BCUT2D eigenvalue weighted by Crippen LogP contribution is -1.95. The minimum atomic E-state index is 0.260. The smallest absolute Gasteiger partial charge is 0.143 e. The van der Waals surface area contributed by atoms with E-state index in [2.05, 4.69) is 0 Å². The van der Waals surface area contributed by atoms with E-state index in [1.165, 1.54) is 7.11 Å². The summed E-state index contributed by atoms with van der Waals surface area (Å²) in [7, 11) is 1.49. The van der Waals surface area contributed by atoms with Crippen molar-refractivity contribution in [1.29, 1.82) is 5.26 Å². The number of nitriles is 1. The number of benzene rings is 1. The molecule has 0 fully saturated rings. The summed E-state index contributed by atoms with van der Waals surface area (Å²) >= 11 is 5.70. The molecule has 0 aromatic heterocycles. The summed E-state index contributed by atoms with van der Waals surface area (Å²) in [5.74, 6) is 0.468. The van der Waals surface area contributed by atoms with Crippen LogP contribution in [0.15, 0.2) is 12.1 Å². The van der Waals surface area contributed by atoms with Crippen LogP contribution in [0.5, 0.6) is 5.75 Å². The highest BCUT2D eigenvalue weighted by Crippen LogP contribution is 2.29. The molecular formula is C8H7ClN2O. The Morgan fingerprint density at radius 2 is 2.25 bits per heavy atom. The van der Waals surface area contributed by atoms with Crippen LogP contribution < -0.4 is 10.5 Å². The molecule has 0 radical (unpaired) electrons. The number of hydrogen-bond donors (Lipinski definition) is 1. The molecular weight excluding hydrogens is 176 g/mol. The molecule has 62 valence electrons. The lowest BCUT2D eigenvalue weighted by atomic mass is 10.2. The molecule has 0 bridgehead atoms.